The summed E-state index contributed by atoms with van der Waals surface area (Å²) in [5.41, 5.74) is 10.2. The Balaban J connectivity index is 2.14. The van der Waals surface area contributed by atoms with E-state index in [-0.39, 0.29) is 0 Å². The Morgan fingerprint density at radius 3 is 2.81 bits per heavy atom. The number of nitrogens with two attached hydrogens (primary N) is 1. The van der Waals surface area contributed by atoms with Crippen molar-refractivity contribution in [2.45, 2.75) is 13.8 Å². The molecule has 6 heteroatoms. The molecular formula is C15H12ClN3S2. The van der Waals surface area contributed by atoms with Crippen molar-refractivity contribution in [2.75, 3.05) is 5.73 Å². The van der Waals surface area contributed by atoms with Crippen LogP contribution in [0.5, 0.6) is 0 Å². The van der Waals surface area contributed by atoms with E-state index in [0.29, 0.717) is 5.82 Å². The van der Waals surface area contributed by atoms with Gasteiger partial charge in [0.25, 0.3) is 0 Å². The van der Waals surface area contributed by atoms with Crippen LogP contribution in [0.1, 0.15) is 10.6 Å². The first kappa shape index (κ1) is 13.1. The number of hydrogen-bond donors (Lipinski definition) is 1. The van der Waals surface area contributed by atoms with Gasteiger partial charge in [0.1, 0.15) is 17.2 Å². The van der Waals surface area contributed by atoms with Crippen LogP contribution in [-0.2, 0) is 0 Å². The van der Waals surface area contributed by atoms with Crippen molar-refractivity contribution in [3.05, 3.63) is 38.5 Å². The first-order chi connectivity index (χ1) is 10.1. The molecule has 0 aromatic carbocycles. The predicted molar refractivity (Wildman–Crippen MR) is 92.8 cm³/mol. The summed E-state index contributed by atoms with van der Waals surface area (Å²) in [5, 5.41) is 3.23. The van der Waals surface area contributed by atoms with Crippen LogP contribution in [0.25, 0.3) is 27.0 Å². The van der Waals surface area contributed by atoms with Gasteiger partial charge in [-0.3, -0.25) is 4.40 Å². The second-order valence-corrected chi connectivity index (χ2v) is 7.84. The largest absolute Gasteiger partial charge is 0.383 e. The SMILES string of the molecule is Cc1sc(Cl)cc1-c1nc2c3ccsc3cc(C)n2c1N. The molecule has 4 heterocycles. The standard InChI is InChI=1S/C15H12ClN3S2/c1-7-5-11-9(3-4-20-11)15-18-13(14(17)19(7)15)10-6-12(16)21-8(10)2/h3-6H,17H2,1-2H3. The van der Waals surface area contributed by atoms with Crippen LogP contribution < -0.4 is 5.73 Å². The lowest BCUT2D eigenvalue weighted by Gasteiger charge is -2.03. The van der Waals surface area contributed by atoms with E-state index in [0.717, 1.165) is 37.2 Å². The molecule has 0 saturated carbocycles. The second kappa shape index (κ2) is 4.47. The molecule has 21 heavy (non-hydrogen) atoms. The molecule has 3 nitrogen and oxygen atoms in total. The first-order valence-corrected chi connectivity index (χ1v) is 8.54. The van der Waals surface area contributed by atoms with Gasteiger partial charge < -0.3 is 5.73 Å². The Kier molecular flexibility index (Phi) is 2.79. The first-order valence-electron chi connectivity index (χ1n) is 6.47. The van der Waals surface area contributed by atoms with Gasteiger partial charge in [0, 0.05) is 26.2 Å². The van der Waals surface area contributed by atoms with Crippen molar-refractivity contribution in [2.24, 2.45) is 0 Å². The van der Waals surface area contributed by atoms with Crippen molar-refractivity contribution in [3.63, 3.8) is 0 Å². The highest BCUT2D eigenvalue weighted by Crippen LogP contribution is 2.38. The van der Waals surface area contributed by atoms with Gasteiger partial charge in [0.05, 0.1) is 4.34 Å². The summed E-state index contributed by atoms with van der Waals surface area (Å²) in [6, 6.07) is 6.19. The fourth-order valence-corrected chi connectivity index (χ4v) is 4.79. The highest BCUT2D eigenvalue weighted by atomic mass is 35.5. The van der Waals surface area contributed by atoms with E-state index in [2.05, 4.69) is 24.4 Å². The van der Waals surface area contributed by atoms with E-state index >= 15 is 0 Å². The van der Waals surface area contributed by atoms with Crippen LogP contribution in [0.4, 0.5) is 5.82 Å². The molecule has 2 N–H and O–H groups in total. The highest BCUT2D eigenvalue weighted by Gasteiger charge is 2.18. The van der Waals surface area contributed by atoms with E-state index in [1.54, 1.807) is 22.7 Å². The summed E-state index contributed by atoms with van der Waals surface area (Å²) in [5.74, 6) is 0.674. The fraction of sp³-hybridized carbons (Fsp3) is 0.133. The lowest BCUT2D eigenvalue weighted by atomic mass is 10.2. The molecule has 0 atom stereocenters. The smallest absolute Gasteiger partial charge is 0.148 e. The van der Waals surface area contributed by atoms with Crippen LogP contribution in [0, 0.1) is 13.8 Å². The number of aryl methyl sites for hydroxylation is 2. The van der Waals surface area contributed by atoms with Crippen LogP contribution in [0.3, 0.4) is 0 Å². The Morgan fingerprint density at radius 2 is 2.10 bits per heavy atom. The van der Waals surface area contributed by atoms with E-state index in [1.165, 1.54) is 4.70 Å². The number of nitrogens with zero attached hydrogens (tertiary/aromatic N) is 2. The highest BCUT2D eigenvalue weighted by molar-refractivity contribution is 7.17. The molecule has 0 amide bonds. The molecule has 0 aliphatic heterocycles. The fourth-order valence-electron chi connectivity index (χ4n) is 2.72. The van der Waals surface area contributed by atoms with Crippen molar-refractivity contribution >= 4 is 55.8 Å². The third-order valence-corrected chi connectivity index (χ3v) is 5.73. The molecule has 0 aliphatic rings. The normalized spacial score (nSPS) is 11.8. The van der Waals surface area contributed by atoms with Crippen LogP contribution in [-0.4, -0.2) is 9.38 Å². The molecule has 0 saturated heterocycles. The Hall–Kier alpha value is -1.56. The van der Waals surface area contributed by atoms with Crippen LogP contribution >= 0.6 is 34.3 Å². The summed E-state index contributed by atoms with van der Waals surface area (Å²) in [4.78, 5) is 5.94. The lowest BCUT2D eigenvalue weighted by Crippen LogP contribution is -1.97. The second-order valence-electron chi connectivity index (χ2n) is 5.01. The van der Waals surface area contributed by atoms with Crippen LogP contribution in [0.2, 0.25) is 4.34 Å². The molecule has 106 valence electrons. The van der Waals surface area contributed by atoms with Gasteiger partial charge in [-0.05, 0) is 37.4 Å². The molecule has 0 aliphatic carbocycles. The molecular weight excluding hydrogens is 322 g/mol. The number of pyridine rings is 1. The third-order valence-electron chi connectivity index (χ3n) is 3.68. The number of rotatable bonds is 1. The third kappa shape index (κ3) is 1.81. The zero-order valence-electron chi connectivity index (χ0n) is 11.5. The number of halogens is 1. The van der Waals surface area contributed by atoms with Gasteiger partial charge in [-0.2, -0.15) is 0 Å². The Labute approximate surface area is 134 Å². The number of thiophene rings is 2. The summed E-state index contributed by atoms with van der Waals surface area (Å²) in [6.07, 6.45) is 0. The van der Waals surface area contributed by atoms with Crippen molar-refractivity contribution in [1.29, 1.82) is 0 Å². The summed E-state index contributed by atoms with van der Waals surface area (Å²) >= 11 is 9.40. The van der Waals surface area contributed by atoms with Crippen molar-refractivity contribution in [3.8, 4) is 11.3 Å². The number of nitrogen functional groups attached to an aromatic ring is 1. The van der Waals surface area contributed by atoms with E-state index in [1.807, 2.05) is 17.4 Å². The molecule has 0 bridgehead atoms. The zero-order chi connectivity index (χ0) is 14.7. The van der Waals surface area contributed by atoms with Gasteiger partial charge in [-0.25, -0.2) is 4.98 Å². The molecule has 0 spiro atoms. The molecule has 0 unspecified atom stereocenters. The van der Waals surface area contributed by atoms with E-state index < -0.39 is 0 Å². The molecule has 4 aromatic heterocycles. The van der Waals surface area contributed by atoms with Crippen molar-refractivity contribution in [1.82, 2.24) is 9.38 Å². The summed E-state index contributed by atoms with van der Waals surface area (Å²) < 4.78 is 4.02. The van der Waals surface area contributed by atoms with Gasteiger partial charge >= 0.3 is 0 Å². The van der Waals surface area contributed by atoms with Crippen LogP contribution in [0.15, 0.2) is 23.6 Å². The monoisotopic (exact) mass is 333 g/mol. The van der Waals surface area contributed by atoms with Gasteiger partial charge in [0.2, 0.25) is 0 Å². The van der Waals surface area contributed by atoms with Gasteiger partial charge in [-0.1, -0.05) is 11.6 Å². The maximum absolute atomic E-state index is 6.38. The number of anilines is 1. The number of hydrogen-bond acceptors (Lipinski definition) is 4. The maximum Gasteiger partial charge on any atom is 0.148 e. The number of aromatic nitrogens is 2. The Morgan fingerprint density at radius 1 is 1.29 bits per heavy atom. The van der Waals surface area contributed by atoms with Crippen molar-refractivity contribution < 1.29 is 0 Å². The summed E-state index contributed by atoms with van der Waals surface area (Å²) in [6.45, 7) is 4.10. The predicted octanol–water partition coefficient (Wildman–Crippen LogP) is 5.13. The molecule has 0 radical (unpaired) electrons. The Bertz CT molecular complexity index is 994. The average molecular weight is 334 g/mol. The van der Waals surface area contributed by atoms with E-state index in [9.17, 15) is 0 Å². The number of fused-ring (bicyclic) bond motifs is 3. The average Bonchev–Trinajstić information content (AvgIpc) is 3.08. The lowest BCUT2D eigenvalue weighted by molar-refractivity contribution is 1.12. The minimum absolute atomic E-state index is 0.674. The quantitative estimate of drug-likeness (QED) is 0.524. The summed E-state index contributed by atoms with van der Waals surface area (Å²) in [7, 11) is 0. The minimum atomic E-state index is 0.674. The topological polar surface area (TPSA) is 43.3 Å². The molecule has 4 rings (SSSR count). The maximum atomic E-state index is 6.38. The van der Waals surface area contributed by atoms with Gasteiger partial charge in [-0.15, -0.1) is 22.7 Å². The van der Waals surface area contributed by atoms with E-state index in [4.69, 9.17) is 22.3 Å². The molecule has 4 aromatic rings. The minimum Gasteiger partial charge on any atom is -0.383 e. The molecule has 0 fully saturated rings. The number of imidazole rings is 1. The van der Waals surface area contributed by atoms with Gasteiger partial charge in [0.15, 0.2) is 0 Å². The zero-order valence-corrected chi connectivity index (χ0v) is 13.9.